The lowest BCUT2D eigenvalue weighted by atomic mass is 10.1. The van der Waals surface area contributed by atoms with Crippen molar-refractivity contribution in [1.82, 2.24) is 0 Å². The molecule has 0 aliphatic heterocycles. The van der Waals surface area contributed by atoms with Crippen molar-refractivity contribution in [1.29, 1.82) is 0 Å². The lowest BCUT2D eigenvalue weighted by molar-refractivity contribution is -0.125. The van der Waals surface area contributed by atoms with Crippen LogP contribution in [0.2, 0.25) is 5.02 Å². The maximum absolute atomic E-state index is 13.1. The summed E-state index contributed by atoms with van der Waals surface area (Å²) in [6, 6.07) is 18.1. The Kier molecular flexibility index (Phi) is 5.91. The maximum atomic E-state index is 13.1. The molecule has 5 nitrogen and oxygen atoms in total. The number of rotatable bonds is 5. The second-order valence-electron chi connectivity index (χ2n) is 5.93. The van der Waals surface area contributed by atoms with Gasteiger partial charge in [-0.15, -0.1) is 0 Å². The fraction of sp³-hybridized carbons (Fsp3) is 0.0476. The second-order valence-corrected chi connectivity index (χ2v) is 6.34. The first kappa shape index (κ1) is 19.4. The van der Waals surface area contributed by atoms with Gasteiger partial charge in [0.2, 0.25) is 6.10 Å². The first-order valence-electron chi connectivity index (χ1n) is 8.31. The van der Waals surface area contributed by atoms with Crippen LogP contribution in [0, 0.1) is 5.82 Å². The lowest BCUT2D eigenvalue weighted by Gasteiger charge is -2.18. The second kappa shape index (κ2) is 8.54. The standard InChI is InChI=1S/C21H16ClFN2O3/c22-17-11-6-14(12-18(17)24)21(27)28-19(13-4-2-1-3-5-13)20(26)25-16-9-7-15(23)8-10-16/h1-12,19H,24H2,(H,25,26). The van der Waals surface area contributed by atoms with E-state index in [1.165, 1.54) is 42.5 Å². The Bertz CT molecular complexity index is 994. The molecule has 1 unspecified atom stereocenters. The monoisotopic (exact) mass is 398 g/mol. The van der Waals surface area contributed by atoms with Gasteiger partial charge in [0.1, 0.15) is 5.82 Å². The van der Waals surface area contributed by atoms with E-state index in [1.807, 2.05) is 0 Å². The van der Waals surface area contributed by atoms with E-state index in [0.29, 0.717) is 16.3 Å². The van der Waals surface area contributed by atoms with Gasteiger partial charge in [-0.05, 0) is 42.5 Å². The fourth-order valence-corrected chi connectivity index (χ4v) is 2.61. The van der Waals surface area contributed by atoms with Crippen LogP contribution in [-0.2, 0) is 9.53 Å². The van der Waals surface area contributed by atoms with Crippen LogP contribution >= 0.6 is 11.6 Å². The van der Waals surface area contributed by atoms with Gasteiger partial charge in [0.15, 0.2) is 0 Å². The van der Waals surface area contributed by atoms with Gasteiger partial charge in [-0.1, -0.05) is 41.9 Å². The number of esters is 1. The highest BCUT2D eigenvalue weighted by Gasteiger charge is 2.26. The van der Waals surface area contributed by atoms with E-state index < -0.39 is 23.8 Å². The number of amides is 1. The first-order chi connectivity index (χ1) is 13.4. The van der Waals surface area contributed by atoms with Crippen LogP contribution in [-0.4, -0.2) is 11.9 Å². The van der Waals surface area contributed by atoms with Crippen LogP contribution in [0.3, 0.4) is 0 Å². The maximum Gasteiger partial charge on any atom is 0.339 e. The highest BCUT2D eigenvalue weighted by Crippen LogP contribution is 2.24. The molecule has 0 spiro atoms. The van der Waals surface area contributed by atoms with E-state index in [-0.39, 0.29) is 11.3 Å². The summed E-state index contributed by atoms with van der Waals surface area (Å²) in [5.41, 5.74) is 6.97. The van der Waals surface area contributed by atoms with E-state index >= 15 is 0 Å². The Labute approximate surface area is 165 Å². The summed E-state index contributed by atoms with van der Waals surface area (Å²) in [5.74, 6) is -1.73. The normalized spacial score (nSPS) is 11.5. The summed E-state index contributed by atoms with van der Waals surface area (Å²) in [6.07, 6.45) is -1.21. The predicted molar refractivity (Wildman–Crippen MR) is 105 cm³/mol. The zero-order chi connectivity index (χ0) is 20.1. The number of hydrogen-bond acceptors (Lipinski definition) is 4. The molecule has 0 aromatic heterocycles. The Morgan fingerprint density at radius 3 is 2.32 bits per heavy atom. The van der Waals surface area contributed by atoms with Crippen molar-refractivity contribution in [2.75, 3.05) is 11.1 Å². The van der Waals surface area contributed by atoms with Crippen LogP contribution in [0.25, 0.3) is 0 Å². The van der Waals surface area contributed by atoms with Gasteiger partial charge in [0.05, 0.1) is 16.3 Å². The molecular weight excluding hydrogens is 383 g/mol. The minimum absolute atomic E-state index is 0.164. The number of nitrogen functional groups attached to an aromatic ring is 1. The topological polar surface area (TPSA) is 81.4 Å². The van der Waals surface area contributed by atoms with Crippen molar-refractivity contribution < 1.29 is 18.7 Å². The third kappa shape index (κ3) is 4.66. The summed E-state index contributed by atoms with van der Waals surface area (Å²) in [7, 11) is 0. The molecule has 3 aromatic rings. The van der Waals surface area contributed by atoms with E-state index in [1.54, 1.807) is 30.3 Å². The largest absolute Gasteiger partial charge is 0.444 e. The summed E-state index contributed by atoms with van der Waals surface area (Å²) in [4.78, 5) is 25.3. The van der Waals surface area contributed by atoms with Crippen molar-refractivity contribution in [3.63, 3.8) is 0 Å². The molecule has 1 amide bonds. The predicted octanol–water partition coefficient (Wildman–Crippen LogP) is 4.60. The number of carbonyl (C=O) groups is 2. The lowest BCUT2D eigenvalue weighted by Crippen LogP contribution is -2.26. The molecule has 3 rings (SSSR count). The van der Waals surface area contributed by atoms with Crippen LogP contribution in [0.5, 0.6) is 0 Å². The molecule has 0 saturated carbocycles. The Hall–Kier alpha value is -3.38. The summed E-state index contributed by atoms with van der Waals surface area (Å²) in [6.45, 7) is 0. The zero-order valence-corrected chi connectivity index (χ0v) is 15.3. The molecule has 3 aromatic carbocycles. The molecule has 0 aliphatic carbocycles. The van der Waals surface area contributed by atoms with Gasteiger partial charge in [0.25, 0.3) is 5.91 Å². The molecule has 142 valence electrons. The van der Waals surface area contributed by atoms with E-state index in [2.05, 4.69) is 5.32 Å². The van der Waals surface area contributed by atoms with Crippen LogP contribution in [0.15, 0.2) is 72.8 Å². The Morgan fingerprint density at radius 1 is 1.00 bits per heavy atom. The van der Waals surface area contributed by atoms with Crippen LogP contribution in [0.1, 0.15) is 22.0 Å². The summed E-state index contributed by atoms with van der Waals surface area (Å²) >= 11 is 5.87. The van der Waals surface area contributed by atoms with Gasteiger partial charge in [-0.2, -0.15) is 0 Å². The van der Waals surface area contributed by atoms with Crippen molar-refractivity contribution in [2.45, 2.75) is 6.10 Å². The third-order valence-electron chi connectivity index (χ3n) is 3.91. The number of ether oxygens (including phenoxy) is 1. The molecule has 0 aliphatic rings. The van der Waals surface area contributed by atoms with Crippen molar-refractivity contribution in [2.24, 2.45) is 0 Å². The number of anilines is 2. The molecular formula is C21H16ClFN2O3. The van der Waals surface area contributed by atoms with Gasteiger partial charge < -0.3 is 15.8 Å². The van der Waals surface area contributed by atoms with Gasteiger partial charge in [-0.25, -0.2) is 9.18 Å². The molecule has 0 heterocycles. The highest BCUT2D eigenvalue weighted by molar-refractivity contribution is 6.33. The number of nitrogens with two attached hydrogens (primary N) is 1. The van der Waals surface area contributed by atoms with Gasteiger partial charge in [0, 0.05) is 11.3 Å². The molecule has 3 N–H and O–H groups in total. The van der Waals surface area contributed by atoms with E-state index in [0.717, 1.165) is 0 Å². The van der Waals surface area contributed by atoms with Crippen molar-refractivity contribution >= 4 is 34.9 Å². The highest BCUT2D eigenvalue weighted by atomic mass is 35.5. The fourth-order valence-electron chi connectivity index (χ4n) is 2.49. The molecule has 0 saturated heterocycles. The average Bonchev–Trinajstić information content (AvgIpc) is 2.70. The van der Waals surface area contributed by atoms with Gasteiger partial charge >= 0.3 is 5.97 Å². The summed E-state index contributed by atoms with van der Waals surface area (Å²) in [5, 5.41) is 2.93. The third-order valence-corrected chi connectivity index (χ3v) is 4.25. The Balaban J connectivity index is 1.84. The molecule has 28 heavy (non-hydrogen) atoms. The van der Waals surface area contributed by atoms with E-state index in [9.17, 15) is 14.0 Å². The SMILES string of the molecule is Nc1cc(C(=O)OC(C(=O)Nc2ccc(F)cc2)c2ccccc2)ccc1Cl. The molecule has 0 fully saturated rings. The van der Waals surface area contributed by atoms with E-state index in [4.69, 9.17) is 22.1 Å². The molecule has 7 heteroatoms. The number of hydrogen-bond donors (Lipinski definition) is 2. The first-order valence-corrected chi connectivity index (χ1v) is 8.69. The van der Waals surface area contributed by atoms with Crippen molar-refractivity contribution in [3.8, 4) is 0 Å². The Morgan fingerprint density at radius 2 is 1.68 bits per heavy atom. The number of benzene rings is 3. The van der Waals surface area contributed by atoms with Crippen LogP contribution in [0.4, 0.5) is 15.8 Å². The number of halogens is 2. The summed E-state index contributed by atoms with van der Waals surface area (Å²) < 4.78 is 18.5. The van der Waals surface area contributed by atoms with Gasteiger partial charge in [-0.3, -0.25) is 4.79 Å². The quantitative estimate of drug-likeness (QED) is 0.486. The minimum atomic E-state index is -1.21. The zero-order valence-electron chi connectivity index (χ0n) is 14.6. The molecule has 0 radical (unpaired) electrons. The minimum Gasteiger partial charge on any atom is -0.444 e. The number of carbonyl (C=O) groups excluding carboxylic acids is 2. The average molecular weight is 399 g/mol. The van der Waals surface area contributed by atoms with Crippen molar-refractivity contribution in [3.05, 3.63) is 94.8 Å². The number of nitrogens with one attached hydrogen (secondary N) is 1. The molecule has 1 atom stereocenters. The molecule has 0 bridgehead atoms. The van der Waals surface area contributed by atoms with Crippen LogP contribution < -0.4 is 11.1 Å². The smallest absolute Gasteiger partial charge is 0.339 e.